The highest BCUT2D eigenvalue weighted by Crippen LogP contribution is 2.21. The van der Waals surface area contributed by atoms with E-state index in [2.05, 4.69) is 4.90 Å². The normalized spacial score (nSPS) is 22.1. The third-order valence-corrected chi connectivity index (χ3v) is 3.02. The minimum absolute atomic E-state index is 0.274. The highest BCUT2D eigenvalue weighted by molar-refractivity contribution is 5.66. The van der Waals surface area contributed by atoms with Gasteiger partial charge in [0.1, 0.15) is 0 Å². The van der Waals surface area contributed by atoms with Gasteiger partial charge in [-0.15, -0.1) is 0 Å². The van der Waals surface area contributed by atoms with Gasteiger partial charge < -0.3 is 15.1 Å². The molecule has 1 atom stereocenters. The highest BCUT2D eigenvalue weighted by atomic mass is 16.4. The standard InChI is InChI=1S/C11H21NO3/c13-8-2-1-6-12-7-5-10(9-12)3-4-11(14)15/h10,13H,1-9H2,(H,14,15). The summed E-state index contributed by atoms with van der Waals surface area (Å²) in [6.45, 7) is 3.45. The molecular formula is C11H21NO3. The zero-order chi connectivity index (χ0) is 11.1. The third-order valence-electron chi connectivity index (χ3n) is 3.02. The Labute approximate surface area is 90.9 Å². The van der Waals surface area contributed by atoms with Crippen LogP contribution in [0, 0.1) is 5.92 Å². The lowest BCUT2D eigenvalue weighted by Gasteiger charge is -2.15. The number of nitrogens with zero attached hydrogens (tertiary/aromatic N) is 1. The van der Waals surface area contributed by atoms with Gasteiger partial charge in [-0.05, 0) is 44.7 Å². The van der Waals surface area contributed by atoms with Crippen LogP contribution in [0.1, 0.15) is 32.1 Å². The number of likely N-dealkylation sites (tertiary alicyclic amines) is 1. The molecule has 88 valence electrons. The molecule has 0 aromatic rings. The SMILES string of the molecule is O=C(O)CCC1CCN(CCCCO)C1. The van der Waals surface area contributed by atoms with Crippen molar-refractivity contribution in [2.45, 2.75) is 32.1 Å². The summed E-state index contributed by atoms with van der Waals surface area (Å²) in [6.07, 6.45) is 4.16. The Morgan fingerprint density at radius 2 is 2.20 bits per heavy atom. The maximum Gasteiger partial charge on any atom is 0.303 e. The van der Waals surface area contributed by atoms with Crippen molar-refractivity contribution in [2.75, 3.05) is 26.2 Å². The summed E-state index contributed by atoms with van der Waals surface area (Å²) in [5.74, 6) is -0.121. The minimum atomic E-state index is -0.686. The second-order valence-electron chi connectivity index (χ2n) is 4.32. The van der Waals surface area contributed by atoms with Crippen molar-refractivity contribution >= 4 is 5.97 Å². The Balaban J connectivity index is 2.07. The van der Waals surface area contributed by atoms with Crippen LogP contribution < -0.4 is 0 Å². The zero-order valence-corrected chi connectivity index (χ0v) is 9.19. The molecule has 0 amide bonds. The Kier molecular flexibility index (Phi) is 5.65. The van der Waals surface area contributed by atoms with E-state index in [9.17, 15) is 4.79 Å². The van der Waals surface area contributed by atoms with Crippen molar-refractivity contribution in [1.29, 1.82) is 0 Å². The fraction of sp³-hybridized carbons (Fsp3) is 0.909. The van der Waals surface area contributed by atoms with Crippen LogP contribution in [0.15, 0.2) is 0 Å². The lowest BCUT2D eigenvalue weighted by Crippen LogP contribution is -2.22. The van der Waals surface area contributed by atoms with Crippen LogP contribution in [0.25, 0.3) is 0 Å². The summed E-state index contributed by atoms with van der Waals surface area (Å²) in [7, 11) is 0. The first-order chi connectivity index (χ1) is 7.22. The van der Waals surface area contributed by atoms with Crippen molar-refractivity contribution in [1.82, 2.24) is 4.90 Å². The van der Waals surface area contributed by atoms with E-state index >= 15 is 0 Å². The molecule has 0 saturated carbocycles. The number of hydrogen-bond acceptors (Lipinski definition) is 3. The monoisotopic (exact) mass is 215 g/mol. The van der Waals surface area contributed by atoms with E-state index < -0.39 is 5.97 Å². The first-order valence-corrected chi connectivity index (χ1v) is 5.77. The molecule has 1 fully saturated rings. The van der Waals surface area contributed by atoms with Crippen molar-refractivity contribution in [3.8, 4) is 0 Å². The molecular weight excluding hydrogens is 194 g/mol. The molecule has 0 aromatic carbocycles. The second-order valence-corrected chi connectivity index (χ2v) is 4.32. The smallest absolute Gasteiger partial charge is 0.303 e. The predicted octanol–water partition coefficient (Wildman–Crippen LogP) is 0.946. The molecule has 1 heterocycles. The average molecular weight is 215 g/mol. The van der Waals surface area contributed by atoms with Crippen LogP contribution in [0.2, 0.25) is 0 Å². The van der Waals surface area contributed by atoms with Crippen LogP contribution in [-0.2, 0) is 4.79 Å². The molecule has 1 aliphatic rings. The van der Waals surface area contributed by atoms with Gasteiger partial charge in [-0.3, -0.25) is 4.79 Å². The van der Waals surface area contributed by atoms with E-state index in [-0.39, 0.29) is 6.61 Å². The quantitative estimate of drug-likeness (QED) is 0.621. The van der Waals surface area contributed by atoms with E-state index in [0.29, 0.717) is 12.3 Å². The van der Waals surface area contributed by atoms with Crippen molar-refractivity contribution < 1.29 is 15.0 Å². The lowest BCUT2D eigenvalue weighted by molar-refractivity contribution is -0.137. The fourth-order valence-electron chi connectivity index (χ4n) is 2.13. The van der Waals surface area contributed by atoms with Crippen LogP contribution in [0.4, 0.5) is 0 Å². The Hall–Kier alpha value is -0.610. The summed E-state index contributed by atoms with van der Waals surface area (Å²) >= 11 is 0. The number of aliphatic carboxylic acids is 1. The first kappa shape index (κ1) is 12.5. The van der Waals surface area contributed by atoms with Gasteiger partial charge in [-0.2, -0.15) is 0 Å². The Morgan fingerprint density at radius 1 is 1.40 bits per heavy atom. The number of aliphatic hydroxyl groups excluding tert-OH is 1. The lowest BCUT2D eigenvalue weighted by atomic mass is 10.0. The summed E-state index contributed by atoms with van der Waals surface area (Å²) in [6, 6.07) is 0. The van der Waals surface area contributed by atoms with Gasteiger partial charge in [0.15, 0.2) is 0 Å². The number of aliphatic hydroxyl groups is 1. The molecule has 4 nitrogen and oxygen atoms in total. The van der Waals surface area contributed by atoms with Crippen molar-refractivity contribution in [3.63, 3.8) is 0 Å². The first-order valence-electron chi connectivity index (χ1n) is 5.77. The third kappa shape index (κ3) is 5.14. The van der Waals surface area contributed by atoms with Crippen LogP contribution in [-0.4, -0.2) is 47.3 Å². The number of carbonyl (C=O) groups is 1. The number of rotatable bonds is 7. The van der Waals surface area contributed by atoms with E-state index in [1.165, 1.54) is 0 Å². The van der Waals surface area contributed by atoms with Gasteiger partial charge in [-0.25, -0.2) is 0 Å². The van der Waals surface area contributed by atoms with Crippen molar-refractivity contribution in [2.24, 2.45) is 5.92 Å². The molecule has 0 bridgehead atoms. The van der Waals surface area contributed by atoms with Gasteiger partial charge >= 0.3 is 5.97 Å². The molecule has 1 unspecified atom stereocenters. The number of carboxylic acids is 1. The maximum absolute atomic E-state index is 10.4. The molecule has 4 heteroatoms. The molecule has 0 spiro atoms. The summed E-state index contributed by atoms with van der Waals surface area (Å²) in [4.78, 5) is 12.8. The molecule has 2 N–H and O–H groups in total. The van der Waals surface area contributed by atoms with Gasteiger partial charge in [0.2, 0.25) is 0 Å². The predicted molar refractivity (Wildman–Crippen MR) is 57.7 cm³/mol. The molecule has 1 aliphatic heterocycles. The number of carboxylic acid groups (broad SMARTS) is 1. The largest absolute Gasteiger partial charge is 0.481 e. The zero-order valence-electron chi connectivity index (χ0n) is 9.19. The van der Waals surface area contributed by atoms with Crippen LogP contribution >= 0.6 is 0 Å². The highest BCUT2D eigenvalue weighted by Gasteiger charge is 2.22. The minimum Gasteiger partial charge on any atom is -0.481 e. The molecule has 0 radical (unpaired) electrons. The van der Waals surface area contributed by atoms with E-state index in [0.717, 1.165) is 45.3 Å². The summed E-state index contributed by atoms with van der Waals surface area (Å²) in [5, 5.41) is 17.2. The molecule has 0 aliphatic carbocycles. The van der Waals surface area contributed by atoms with Crippen molar-refractivity contribution in [3.05, 3.63) is 0 Å². The summed E-state index contributed by atoms with van der Waals surface area (Å²) in [5.41, 5.74) is 0. The van der Waals surface area contributed by atoms with E-state index in [1.54, 1.807) is 0 Å². The van der Waals surface area contributed by atoms with Crippen LogP contribution in [0.5, 0.6) is 0 Å². The molecule has 1 rings (SSSR count). The Morgan fingerprint density at radius 3 is 2.87 bits per heavy atom. The number of hydrogen-bond donors (Lipinski definition) is 2. The molecule has 1 saturated heterocycles. The van der Waals surface area contributed by atoms with Gasteiger partial charge in [0.25, 0.3) is 0 Å². The molecule has 15 heavy (non-hydrogen) atoms. The van der Waals surface area contributed by atoms with E-state index in [4.69, 9.17) is 10.2 Å². The number of unbranched alkanes of at least 4 members (excludes halogenated alkanes) is 1. The van der Waals surface area contributed by atoms with E-state index in [1.807, 2.05) is 0 Å². The second kappa shape index (κ2) is 6.80. The molecule has 0 aromatic heterocycles. The van der Waals surface area contributed by atoms with Gasteiger partial charge in [0, 0.05) is 19.6 Å². The van der Waals surface area contributed by atoms with Gasteiger partial charge in [0.05, 0.1) is 0 Å². The van der Waals surface area contributed by atoms with Crippen LogP contribution in [0.3, 0.4) is 0 Å². The maximum atomic E-state index is 10.4. The fourth-order valence-corrected chi connectivity index (χ4v) is 2.13. The summed E-state index contributed by atoms with van der Waals surface area (Å²) < 4.78 is 0. The average Bonchev–Trinajstić information content (AvgIpc) is 2.63. The topological polar surface area (TPSA) is 60.8 Å². The Bertz CT molecular complexity index is 196. The van der Waals surface area contributed by atoms with Gasteiger partial charge in [-0.1, -0.05) is 0 Å².